The number of benzene rings is 6. The lowest BCUT2D eigenvalue weighted by molar-refractivity contribution is -0.384. The van der Waals surface area contributed by atoms with E-state index in [0.29, 0.717) is 85.0 Å². The highest BCUT2D eigenvalue weighted by Crippen LogP contribution is 2.33. The first-order valence-electron chi connectivity index (χ1n) is 45.6. The Morgan fingerprint density at radius 3 is 0.911 bits per heavy atom. The van der Waals surface area contributed by atoms with Gasteiger partial charge in [0, 0.05) is 148 Å². The van der Waals surface area contributed by atoms with E-state index in [9.17, 15) is 38.9 Å². The van der Waals surface area contributed by atoms with Crippen molar-refractivity contribution in [3.8, 4) is 67.5 Å². The number of esters is 6. The molecule has 0 fully saturated rings. The number of halogens is 2. The molecule has 742 valence electrons. The summed E-state index contributed by atoms with van der Waals surface area (Å²) in [5.74, 6) is -0.131. The van der Waals surface area contributed by atoms with Gasteiger partial charge in [0.25, 0.3) is 5.69 Å². The standard InChI is InChI=1S/C21H22N2O3.C20H20N2O3.C19H18N2O3.C18H16N2O3.C17H14N2O3.C16H9Cl2N3O5/c1-14-5-6-16(12-22-14)20(24)25-13-18-11-19(23-26-18)15-7-9-17(10-8-15)21(2,3)4;1-12-7-13(2)19(14(3)8-12)18-9-17(25-22-18)11-24-20(23)16-6-5-15(4)21-10-16;1-3-14-5-8-15(9-6-14)18-10-17(24-21-18)12-23-19(22)16-7-4-13(2)20-11-16;1-12-3-6-14(7-4-12)17-9-16(23-20-17)11-22-18(21)15-8-5-13(2)19-10-15;1-12-7-8-14(10-18-12)17(20)21-11-15-9-16(19-22-15)13-5-3-2-4-6-13;17-10-5-13(15(18)19-7-10)16(22)25-8-12-6-14(20-26-12)9-1-3-11(4-2-9)21(23)24/h5-12H,13H2,1-4H3;5-10H,11H2,1-4H3;4-11H,3,12H2,1-2H3;3-10H,11H2,1-2H3;2-10H,11H2,1H3;1-7H,8H2. The number of hydrogen-bond acceptors (Lipinski definition) is 32. The predicted octanol–water partition coefficient (Wildman–Crippen LogP) is 24.4. The maximum absolute atomic E-state index is 12.0. The molecule has 0 saturated heterocycles. The maximum atomic E-state index is 12.0. The van der Waals surface area contributed by atoms with Crippen molar-refractivity contribution in [3.63, 3.8) is 0 Å². The molecule has 35 heteroatoms. The third-order valence-corrected chi connectivity index (χ3v) is 22.1. The third-order valence-electron chi connectivity index (χ3n) is 21.6. The van der Waals surface area contributed by atoms with E-state index in [1.54, 1.807) is 103 Å². The quantitative estimate of drug-likeness (QED) is 0.0160. The van der Waals surface area contributed by atoms with Crippen molar-refractivity contribution in [2.24, 2.45) is 0 Å². The molecule has 18 aromatic rings. The van der Waals surface area contributed by atoms with E-state index in [0.717, 1.165) is 85.2 Å². The van der Waals surface area contributed by atoms with Crippen LogP contribution in [0.5, 0.6) is 0 Å². The smallest absolute Gasteiger partial charge is 0.341 e. The molecule has 0 unspecified atom stereocenters. The van der Waals surface area contributed by atoms with Crippen molar-refractivity contribution < 1.29 is 89.3 Å². The summed E-state index contributed by atoms with van der Waals surface area (Å²) in [5, 5.41) is 34.9. The Balaban J connectivity index is 0.000000147. The van der Waals surface area contributed by atoms with Gasteiger partial charge in [0.05, 0.1) is 43.3 Å². The molecule has 146 heavy (non-hydrogen) atoms. The molecule has 6 aromatic carbocycles. The van der Waals surface area contributed by atoms with Crippen LogP contribution in [0.4, 0.5) is 5.69 Å². The monoisotopic (exact) mass is 2000 g/mol. The number of ether oxygens (including phenoxy) is 6. The van der Waals surface area contributed by atoms with Gasteiger partial charge in [-0.25, -0.2) is 33.8 Å². The third kappa shape index (κ3) is 30.9. The second-order valence-corrected chi connectivity index (χ2v) is 34.9. The lowest BCUT2D eigenvalue weighted by Crippen LogP contribution is -2.10. The van der Waals surface area contributed by atoms with E-state index in [1.165, 1.54) is 77.6 Å². The van der Waals surface area contributed by atoms with Gasteiger partial charge < -0.3 is 55.6 Å². The highest BCUT2D eigenvalue weighted by atomic mass is 35.5. The molecule has 12 heterocycles. The molecule has 0 atom stereocenters. The van der Waals surface area contributed by atoms with Gasteiger partial charge in [0.1, 0.15) is 39.3 Å². The summed E-state index contributed by atoms with van der Waals surface area (Å²) in [5.41, 5.74) is 23.2. The number of aromatic nitrogens is 12. The summed E-state index contributed by atoms with van der Waals surface area (Å²) in [6.07, 6.45) is 9.80. The zero-order valence-electron chi connectivity index (χ0n) is 81.7. The molecular weight excluding hydrogens is 1910 g/mol. The van der Waals surface area contributed by atoms with Gasteiger partial charge in [0.15, 0.2) is 74.2 Å². The zero-order chi connectivity index (χ0) is 104. The van der Waals surface area contributed by atoms with Crippen molar-refractivity contribution in [1.29, 1.82) is 0 Å². The van der Waals surface area contributed by atoms with Crippen LogP contribution in [0.2, 0.25) is 10.2 Å². The number of nitrogens with zero attached hydrogens (tertiary/aromatic N) is 13. The van der Waals surface area contributed by atoms with Crippen LogP contribution in [0.3, 0.4) is 0 Å². The Bertz CT molecular complexity index is 7430. The molecule has 12 aromatic heterocycles. The summed E-state index contributed by atoms with van der Waals surface area (Å²) < 4.78 is 62.6. The molecule has 0 aliphatic carbocycles. The van der Waals surface area contributed by atoms with Crippen LogP contribution in [-0.2, 0) is 79.9 Å². The lowest BCUT2D eigenvalue weighted by Gasteiger charge is -2.18. The summed E-state index contributed by atoms with van der Waals surface area (Å²) in [6, 6.07) is 73.1. The fraction of sp³-hybridized carbons (Fsp3) is 0.189. The summed E-state index contributed by atoms with van der Waals surface area (Å²) >= 11 is 11.6. The summed E-state index contributed by atoms with van der Waals surface area (Å²) in [6.45, 7) is 26.1. The number of aryl methyl sites for hydroxylation is 10. The zero-order valence-corrected chi connectivity index (χ0v) is 83.3. The minimum Gasteiger partial charge on any atom is -0.454 e. The van der Waals surface area contributed by atoms with Crippen LogP contribution in [0, 0.1) is 72.4 Å². The molecule has 0 aliphatic rings. The number of carbonyl (C=O) groups is 6. The highest BCUT2D eigenvalue weighted by molar-refractivity contribution is 6.34. The number of pyridine rings is 6. The van der Waals surface area contributed by atoms with Gasteiger partial charge in [-0.3, -0.25) is 35.0 Å². The maximum Gasteiger partial charge on any atom is 0.341 e. The van der Waals surface area contributed by atoms with E-state index >= 15 is 0 Å². The van der Waals surface area contributed by atoms with Gasteiger partial charge >= 0.3 is 35.8 Å². The Kier molecular flexibility index (Phi) is 36.6. The van der Waals surface area contributed by atoms with Gasteiger partial charge in [-0.1, -0.05) is 208 Å². The van der Waals surface area contributed by atoms with Gasteiger partial charge in [-0.05, 0) is 175 Å². The van der Waals surface area contributed by atoms with E-state index in [2.05, 4.69) is 132 Å². The van der Waals surface area contributed by atoms with Crippen LogP contribution < -0.4 is 0 Å². The van der Waals surface area contributed by atoms with Crippen LogP contribution in [-0.4, -0.2) is 102 Å². The van der Waals surface area contributed by atoms with Crippen LogP contribution in [0.15, 0.2) is 307 Å². The van der Waals surface area contributed by atoms with Crippen molar-refractivity contribution in [2.75, 3.05) is 0 Å². The number of nitro benzene ring substituents is 1. The van der Waals surface area contributed by atoms with Crippen LogP contribution in [0.1, 0.15) is 186 Å². The van der Waals surface area contributed by atoms with Crippen LogP contribution in [0.25, 0.3) is 67.5 Å². The molecule has 0 bridgehead atoms. The van der Waals surface area contributed by atoms with Crippen molar-refractivity contribution in [3.05, 3.63) is 430 Å². The van der Waals surface area contributed by atoms with E-state index in [1.807, 2.05) is 140 Å². The molecule has 0 N–H and O–H groups in total. The number of non-ortho nitro benzene ring substituents is 1. The van der Waals surface area contributed by atoms with Gasteiger partial charge in [-0.2, -0.15) is 0 Å². The van der Waals surface area contributed by atoms with Crippen LogP contribution >= 0.6 is 23.2 Å². The molecule has 0 radical (unpaired) electrons. The molecule has 0 amide bonds. The molecule has 33 nitrogen and oxygen atoms in total. The second kappa shape index (κ2) is 50.6. The minimum absolute atomic E-state index is 0.0245. The number of hydrogen-bond donors (Lipinski definition) is 0. The van der Waals surface area contributed by atoms with E-state index in [4.69, 9.17) is 78.8 Å². The normalized spacial score (nSPS) is 10.7. The Morgan fingerprint density at radius 2 is 0.610 bits per heavy atom. The Morgan fingerprint density at radius 1 is 0.322 bits per heavy atom. The second-order valence-electron chi connectivity index (χ2n) is 34.1. The van der Waals surface area contributed by atoms with E-state index < -0.39 is 40.7 Å². The van der Waals surface area contributed by atoms with Crippen molar-refractivity contribution in [1.82, 2.24) is 60.8 Å². The Labute approximate surface area is 848 Å². The van der Waals surface area contributed by atoms with E-state index in [-0.39, 0.29) is 72.2 Å². The first-order chi connectivity index (χ1) is 70.2. The largest absolute Gasteiger partial charge is 0.454 e. The minimum atomic E-state index is -0.710. The summed E-state index contributed by atoms with van der Waals surface area (Å²) in [7, 11) is 0. The molecule has 0 aliphatic heterocycles. The Hall–Kier alpha value is -17.7. The molecule has 18 rings (SSSR count). The van der Waals surface area contributed by atoms with Crippen molar-refractivity contribution >= 4 is 64.7 Å². The number of nitro groups is 1. The molecule has 0 spiro atoms. The SMILES string of the molecule is CCc1ccc(-c2cc(COC(=O)c3ccc(C)nc3)on2)cc1.Cc1cc(C)c(-c2cc(COC(=O)c3ccc(C)nc3)on2)c(C)c1.Cc1ccc(-c2cc(COC(=O)c3ccc(C)nc3)on2)cc1.Cc1ccc(C(=O)OCc2cc(-c3ccc(C(C)(C)C)cc3)no2)cn1.Cc1ccc(C(=O)OCc2cc(-c3ccccc3)no2)cn1.O=C(OCc1cc(-c2ccc([N+](=O)[O-])cc2)no1)c1cc(Cl)cnc1Cl. The molecular formula is C111H99Cl2N13O20. The predicted molar refractivity (Wildman–Crippen MR) is 539 cm³/mol. The first kappa shape index (κ1) is 106. The van der Waals surface area contributed by atoms with Gasteiger partial charge in [0.2, 0.25) is 0 Å². The summed E-state index contributed by atoms with van der Waals surface area (Å²) in [4.78, 5) is 106. The first-order valence-corrected chi connectivity index (χ1v) is 46.3. The molecule has 0 saturated carbocycles. The topological polar surface area (TPSA) is 434 Å². The fourth-order valence-corrected chi connectivity index (χ4v) is 14.0. The van der Waals surface area contributed by atoms with Gasteiger partial charge in [-0.15, -0.1) is 0 Å². The number of carbonyl (C=O) groups excluding carboxylic acids is 6. The fourth-order valence-electron chi connectivity index (χ4n) is 13.6. The average Bonchev–Trinajstić information content (AvgIpc) is 1.61. The number of rotatable bonds is 26. The van der Waals surface area contributed by atoms with Crippen molar-refractivity contribution in [2.45, 2.75) is 141 Å². The lowest BCUT2D eigenvalue weighted by atomic mass is 9.86. The average molecular weight is 2010 g/mol. The highest BCUT2D eigenvalue weighted by Gasteiger charge is 2.23.